The third-order valence-corrected chi connectivity index (χ3v) is 5.05. The van der Waals surface area contributed by atoms with Crippen LogP contribution in [0.25, 0.3) is 27.3 Å². The second-order valence-electron chi connectivity index (χ2n) is 5.64. The van der Waals surface area contributed by atoms with Crippen LogP contribution in [0.3, 0.4) is 0 Å². The SMILES string of the molecule is Cc1occc1-c1nnc2sc(Cc3c[nH]c4ccccc34)nn12. The van der Waals surface area contributed by atoms with Gasteiger partial charge in [0.2, 0.25) is 4.96 Å². The summed E-state index contributed by atoms with van der Waals surface area (Å²) in [5, 5.41) is 15.4. The van der Waals surface area contributed by atoms with Crippen molar-refractivity contribution in [3.05, 3.63) is 59.1 Å². The van der Waals surface area contributed by atoms with E-state index in [0.29, 0.717) is 0 Å². The second kappa shape index (κ2) is 5.04. The van der Waals surface area contributed by atoms with E-state index in [0.717, 1.165) is 39.1 Å². The highest BCUT2D eigenvalue weighted by atomic mass is 32.1. The van der Waals surface area contributed by atoms with Gasteiger partial charge in [-0.15, -0.1) is 10.2 Å². The zero-order valence-electron chi connectivity index (χ0n) is 12.9. The largest absolute Gasteiger partial charge is 0.469 e. The molecule has 24 heavy (non-hydrogen) atoms. The van der Waals surface area contributed by atoms with Gasteiger partial charge in [-0.1, -0.05) is 29.5 Å². The Hall–Kier alpha value is -2.93. The molecule has 0 spiro atoms. The Labute approximate surface area is 140 Å². The van der Waals surface area contributed by atoms with Gasteiger partial charge in [-0.25, -0.2) is 0 Å². The standard InChI is InChI=1S/C17H13N5OS/c1-10-12(6-7-23-10)16-19-20-17-22(16)21-15(24-17)8-11-9-18-14-5-3-2-4-13(11)14/h2-7,9,18H,8H2,1H3. The normalized spacial score (nSPS) is 11.7. The fourth-order valence-corrected chi connectivity index (χ4v) is 3.81. The van der Waals surface area contributed by atoms with Crippen molar-refractivity contribution in [2.24, 2.45) is 0 Å². The maximum absolute atomic E-state index is 5.37. The van der Waals surface area contributed by atoms with Crippen molar-refractivity contribution >= 4 is 27.2 Å². The van der Waals surface area contributed by atoms with E-state index in [1.807, 2.05) is 25.3 Å². The molecule has 0 saturated carbocycles. The van der Waals surface area contributed by atoms with Crippen LogP contribution < -0.4 is 0 Å². The van der Waals surface area contributed by atoms with E-state index in [2.05, 4.69) is 33.4 Å². The lowest BCUT2D eigenvalue weighted by atomic mass is 10.1. The molecule has 0 saturated heterocycles. The molecule has 1 aromatic carbocycles. The predicted octanol–water partition coefficient (Wildman–Crippen LogP) is 3.83. The van der Waals surface area contributed by atoms with Crippen molar-refractivity contribution in [3.63, 3.8) is 0 Å². The Morgan fingerprint density at radius 3 is 3.00 bits per heavy atom. The topological polar surface area (TPSA) is 72.0 Å². The Morgan fingerprint density at radius 1 is 1.21 bits per heavy atom. The Balaban J connectivity index is 1.57. The summed E-state index contributed by atoms with van der Waals surface area (Å²) >= 11 is 1.56. The first-order valence-electron chi connectivity index (χ1n) is 7.60. The smallest absolute Gasteiger partial charge is 0.234 e. The zero-order chi connectivity index (χ0) is 16.1. The molecule has 0 atom stereocenters. The molecule has 0 aliphatic carbocycles. The van der Waals surface area contributed by atoms with Crippen LogP contribution in [0.15, 0.2) is 47.2 Å². The van der Waals surface area contributed by atoms with Crippen LogP contribution in [0.5, 0.6) is 0 Å². The average Bonchev–Trinajstić information content (AvgIpc) is 3.33. The van der Waals surface area contributed by atoms with Gasteiger partial charge in [-0.2, -0.15) is 9.61 Å². The molecule has 6 nitrogen and oxygen atoms in total. The molecule has 4 heterocycles. The number of aromatic amines is 1. The summed E-state index contributed by atoms with van der Waals surface area (Å²) in [6.45, 7) is 1.91. The van der Waals surface area contributed by atoms with E-state index < -0.39 is 0 Å². The molecule has 0 aliphatic rings. The summed E-state index contributed by atoms with van der Waals surface area (Å²) in [6, 6.07) is 10.2. The summed E-state index contributed by atoms with van der Waals surface area (Å²) in [6.07, 6.45) is 4.47. The van der Waals surface area contributed by atoms with Crippen LogP contribution in [0, 0.1) is 6.92 Å². The summed E-state index contributed by atoms with van der Waals surface area (Å²) in [7, 11) is 0. The molecule has 4 aromatic heterocycles. The lowest BCUT2D eigenvalue weighted by Gasteiger charge is -1.96. The molecule has 7 heteroatoms. The number of aromatic nitrogens is 5. The first-order chi connectivity index (χ1) is 11.8. The minimum absolute atomic E-state index is 0.720. The fraction of sp³-hybridized carbons (Fsp3) is 0.118. The predicted molar refractivity (Wildman–Crippen MR) is 92.2 cm³/mol. The Bertz CT molecular complexity index is 1160. The van der Waals surface area contributed by atoms with Crippen molar-refractivity contribution in [2.75, 3.05) is 0 Å². The maximum Gasteiger partial charge on any atom is 0.234 e. The van der Waals surface area contributed by atoms with Crippen molar-refractivity contribution in [3.8, 4) is 11.4 Å². The van der Waals surface area contributed by atoms with Gasteiger partial charge in [-0.3, -0.25) is 0 Å². The quantitative estimate of drug-likeness (QED) is 0.544. The number of nitrogens with one attached hydrogen (secondary N) is 1. The molecule has 0 unspecified atom stereocenters. The minimum Gasteiger partial charge on any atom is -0.469 e. The molecule has 0 fully saturated rings. The number of nitrogens with zero attached hydrogens (tertiary/aromatic N) is 4. The van der Waals surface area contributed by atoms with Crippen molar-refractivity contribution < 1.29 is 4.42 Å². The molecule has 0 bridgehead atoms. The molecule has 0 aliphatic heterocycles. The van der Waals surface area contributed by atoms with Gasteiger partial charge in [-0.05, 0) is 24.6 Å². The highest BCUT2D eigenvalue weighted by Crippen LogP contribution is 2.27. The third kappa shape index (κ3) is 1.98. The molecular weight excluding hydrogens is 322 g/mol. The Morgan fingerprint density at radius 2 is 2.12 bits per heavy atom. The van der Waals surface area contributed by atoms with E-state index in [4.69, 9.17) is 9.52 Å². The first kappa shape index (κ1) is 13.5. The zero-order valence-corrected chi connectivity index (χ0v) is 13.7. The van der Waals surface area contributed by atoms with Crippen molar-refractivity contribution in [1.82, 2.24) is 24.8 Å². The van der Waals surface area contributed by atoms with E-state index in [1.165, 1.54) is 10.9 Å². The van der Waals surface area contributed by atoms with Crippen LogP contribution in [0.4, 0.5) is 0 Å². The van der Waals surface area contributed by atoms with Gasteiger partial charge in [0, 0.05) is 23.5 Å². The van der Waals surface area contributed by atoms with Gasteiger partial charge >= 0.3 is 0 Å². The van der Waals surface area contributed by atoms with Gasteiger partial charge in [0.15, 0.2) is 5.82 Å². The van der Waals surface area contributed by atoms with Crippen molar-refractivity contribution in [2.45, 2.75) is 13.3 Å². The van der Waals surface area contributed by atoms with Gasteiger partial charge in [0.25, 0.3) is 0 Å². The fourth-order valence-electron chi connectivity index (χ4n) is 2.95. The second-order valence-corrected chi connectivity index (χ2v) is 6.68. The van der Waals surface area contributed by atoms with Crippen LogP contribution in [-0.2, 0) is 6.42 Å². The minimum atomic E-state index is 0.720. The van der Waals surface area contributed by atoms with Gasteiger partial charge < -0.3 is 9.40 Å². The van der Waals surface area contributed by atoms with Gasteiger partial charge in [0.05, 0.1) is 11.8 Å². The first-order valence-corrected chi connectivity index (χ1v) is 8.42. The number of hydrogen-bond donors (Lipinski definition) is 1. The number of para-hydroxylation sites is 1. The molecule has 0 amide bonds. The number of H-pyrrole nitrogens is 1. The molecule has 5 rings (SSSR count). The monoisotopic (exact) mass is 335 g/mol. The number of benzene rings is 1. The van der Waals surface area contributed by atoms with Crippen LogP contribution in [-0.4, -0.2) is 24.8 Å². The van der Waals surface area contributed by atoms with Crippen LogP contribution >= 0.6 is 11.3 Å². The third-order valence-electron chi connectivity index (χ3n) is 4.15. The van der Waals surface area contributed by atoms with Gasteiger partial charge in [0.1, 0.15) is 10.8 Å². The molecule has 0 radical (unpaired) electrons. The lowest BCUT2D eigenvalue weighted by molar-refractivity contribution is 0.535. The number of hydrogen-bond acceptors (Lipinski definition) is 5. The number of furan rings is 1. The molecule has 118 valence electrons. The highest BCUT2D eigenvalue weighted by molar-refractivity contribution is 7.16. The van der Waals surface area contributed by atoms with Crippen LogP contribution in [0.1, 0.15) is 16.3 Å². The highest BCUT2D eigenvalue weighted by Gasteiger charge is 2.17. The Kier molecular flexibility index (Phi) is 2.83. The summed E-state index contributed by atoms with van der Waals surface area (Å²) in [4.78, 5) is 4.10. The summed E-state index contributed by atoms with van der Waals surface area (Å²) < 4.78 is 7.17. The van der Waals surface area contributed by atoms with E-state index in [9.17, 15) is 0 Å². The molecule has 1 N–H and O–H groups in total. The van der Waals surface area contributed by atoms with E-state index in [1.54, 1.807) is 22.1 Å². The molecule has 5 aromatic rings. The maximum atomic E-state index is 5.37. The number of aryl methyl sites for hydroxylation is 1. The number of rotatable bonds is 3. The number of fused-ring (bicyclic) bond motifs is 2. The van der Waals surface area contributed by atoms with Crippen LogP contribution in [0.2, 0.25) is 0 Å². The van der Waals surface area contributed by atoms with E-state index >= 15 is 0 Å². The summed E-state index contributed by atoms with van der Waals surface area (Å²) in [5.41, 5.74) is 3.30. The molecular formula is C17H13N5OS. The average molecular weight is 335 g/mol. The summed E-state index contributed by atoms with van der Waals surface area (Å²) in [5.74, 6) is 1.54. The van der Waals surface area contributed by atoms with E-state index in [-0.39, 0.29) is 0 Å². The van der Waals surface area contributed by atoms with Crippen molar-refractivity contribution in [1.29, 1.82) is 0 Å². The lowest BCUT2D eigenvalue weighted by Crippen LogP contribution is -1.93.